The molecule has 0 aromatic carbocycles. The molecular formula is C26H36N8O5S. The van der Waals surface area contributed by atoms with Crippen molar-refractivity contribution in [3.05, 3.63) is 16.9 Å². The van der Waals surface area contributed by atoms with E-state index in [-0.39, 0.29) is 71.5 Å². The summed E-state index contributed by atoms with van der Waals surface area (Å²) in [7, 11) is 0. The van der Waals surface area contributed by atoms with E-state index in [1.165, 1.54) is 27.7 Å². The van der Waals surface area contributed by atoms with Crippen molar-refractivity contribution >= 4 is 35.3 Å². The Bertz CT molecular complexity index is 1220. The largest absolute Gasteiger partial charge is 0.477 e. The van der Waals surface area contributed by atoms with Gasteiger partial charge in [-0.1, -0.05) is 13.8 Å². The van der Waals surface area contributed by atoms with Crippen LogP contribution in [0.1, 0.15) is 46.0 Å². The van der Waals surface area contributed by atoms with Crippen molar-refractivity contribution in [2.24, 2.45) is 17.8 Å². The van der Waals surface area contributed by atoms with Crippen LogP contribution in [0.2, 0.25) is 0 Å². The Morgan fingerprint density at radius 1 is 1.25 bits per heavy atom. The van der Waals surface area contributed by atoms with Gasteiger partial charge in [-0.05, 0) is 48.6 Å². The number of carboxylic acid groups (broad SMARTS) is 1. The number of fused-ring (bicyclic) bond motifs is 2. The fourth-order valence-electron chi connectivity index (χ4n) is 7.43. The van der Waals surface area contributed by atoms with Gasteiger partial charge in [-0.15, -0.1) is 16.9 Å². The second-order valence-corrected chi connectivity index (χ2v) is 13.1. The summed E-state index contributed by atoms with van der Waals surface area (Å²) >= 11 is 1.49. The molecule has 4 fully saturated rings. The number of thioether (sulfide) groups is 1. The Morgan fingerprint density at radius 3 is 2.83 bits per heavy atom. The molecule has 0 radical (unpaired) electrons. The Labute approximate surface area is 236 Å². The number of rotatable bonds is 9. The van der Waals surface area contributed by atoms with Crippen LogP contribution in [0.4, 0.5) is 0 Å². The van der Waals surface area contributed by atoms with Crippen molar-refractivity contribution in [1.29, 1.82) is 0 Å². The number of ketones is 1. The summed E-state index contributed by atoms with van der Waals surface area (Å²) in [6.07, 6.45) is 5.28. The second-order valence-electron chi connectivity index (χ2n) is 11.8. The minimum Gasteiger partial charge on any atom is -0.477 e. The first kappa shape index (κ1) is 27.3. The number of hydrogen-bond acceptors (Lipinski definition) is 10. The zero-order valence-corrected chi connectivity index (χ0v) is 23.5. The molecule has 216 valence electrons. The number of amides is 2. The molecule has 8 atom stereocenters. The predicted octanol–water partition coefficient (Wildman–Crippen LogP) is -0.142. The third kappa shape index (κ3) is 4.73. The third-order valence-corrected chi connectivity index (χ3v) is 10.8. The Kier molecular flexibility index (Phi) is 7.42. The second kappa shape index (κ2) is 10.9. The maximum absolute atomic E-state index is 13.4. The average molecular weight is 573 g/mol. The number of hydrogen-bond donors (Lipinski definition) is 3. The minimum atomic E-state index is -1.11. The highest BCUT2D eigenvalue weighted by molar-refractivity contribution is 8.03. The summed E-state index contributed by atoms with van der Waals surface area (Å²) in [5.41, 5.74) is 0.0569. The Hall–Kier alpha value is -2.84. The van der Waals surface area contributed by atoms with Gasteiger partial charge in [0.05, 0.1) is 18.0 Å². The normalized spacial score (nSPS) is 34.0. The summed E-state index contributed by atoms with van der Waals surface area (Å²) in [5, 5.41) is 27.9. The molecule has 0 bridgehead atoms. The van der Waals surface area contributed by atoms with E-state index < -0.39 is 11.9 Å². The van der Waals surface area contributed by atoms with Crippen LogP contribution < -0.4 is 10.6 Å². The maximum atomic E-state index is 13.4. The van der Waals surface area contributed by atoms with Crippen molar-refractivity contribution < 1.29 is 24.3 Å². The van der Waals surface area contributed by atoms with Crippen LogP contribution in [0, 0.1) is 17.8 Å². The SMILES string of the molecule is C[C@@H](CC(=O)Cn1cnnn1)[C@H]1C(=O)N2C(C(=O)O)=C(S[C@@H]3CN[C@H](C(=O)N4CCC5NCCCC54)C3)[C@H](C)[C@H]12. The number of carbonyl (C=O) groups excluding carboxylic acids is 3. The molecule has 14 heteroatoms. The van der Waals surface area contributed by atoms with E-state index in [0.717, 1.165) is 32.4 Å². The van der Waals surface area contributed by atoms with E-state index in [1.807, 2.05) is 18.7 Å². The molecule has 1 aromatic rings. The Balaban J connectivity index is 1.10. The first-order valence-corrected chi connectivity index (χ1v) is 15.1. The van der Waals surface area contributed by atoms with E-state index in [4.69, 9.17) is 0 Å². The molecule has 0 aliphatic carbocycles. The van der Waals surface area contributed by atoms with Crippen molar-refractivity contribution in [2.75, 3.05) is 19.6 Å². The van der Waals surface area contributed by atoms with Gasteiger partial charge < -0.3 is 25.5 Å². The number of nitrogens with zero attached hydrogens (tertiary/aromatic N) is 6. The summed E-state index contributed by atoms with van der Waals surface area (Å²) in [5.74, 6) is -2.13. The number of aromatic nitrogens is 4. The number of nitrogens with one attached hydrogen (secondary N) is 2. The number of β-lactam (4-membered cyclic amide) rings is 1. The van der Waals surface area contributed by atoms with Crippen molar-refractivity contribution in [2.45, 2.75) is 81.9 Å². The molecule has 5 aliphatic heterocycles. The first-order chi connectivity index (χ1) is 19.2. The van der Waals surface area contributed by atoms with Gasteiger partial charge >= 0.3 is 5.97 Å². The van der Waals surface area contributed by atoms with E-state index in [9.17, 15) is 24.3 Å². The molecule has 4 saturated heterocycles. The molecule has 5 aliphatic rings. The van der Waals surface area contributed by atoms with Gasteiger partial charge in [0.2, 0.25) is 11.8 Å². The van der Waals surface area contributed by atoms with Gasteiger partial charge in [-0.2, -0.15) is 0 Å². The number of Topliss-reactive ketones (excluding diaryl/α,β-unsaturated/α-hetero) is 1. The standard InChI is InChI=1S/C26H36N8O5S/c1-13(8-15(35)11-32-12-29-30-31-32)20-21-14(2)23(22(26(38)39)34(21)25(20)37)40-16-9-18(28-10-16)24(36)33-7-5-17-19(33)4-3-6-27-17/h12-14,16-21,27-28H,3-11H2,1-2H3,(H,38,39)/t13-,14+,16-,17?,18-,19?,20+,21+/m0/s1. The highest BCUT2D eigenvalue weighted by Crippen LogP contribution is 2.53. The van der Waals surface area contributed by atoms with Crippen molar-refractivity contribution in [3.8, 4) is 0 Å². The molecule has 3 N–H and O–H groups in total. The number of piperidine rings is 1. The first-order valence-electron chi connectivity index (χ1n) is 14.2. The van der Waals surface area contributed by atoms with E-state index in [2.05, 4.69) is 26.2 Å². The third-order valence-electron chi connectivity index (χ3n) is 9.28. The minimum absolute atomic E-state index is 0.0335. The molecule has 13 nitrogen and oxygen atoms in total. The summed E-state index contributed by atoms with van der Waals surface area (Å²) < 4.78 is 1.35. The monoisotopic (exact) mass is 572 g/mol. The molecule has 0 spiro atoms. The lowest BCUT2D eigenvalue weighted by molar-refractivity contribution is -0.160. The van der Waals surface area contributed by atoms with Gasteiger partial charge in [0.25, 0.3) is 0 Å². The van der Waals surface area contributed by atoms with Crippen LogP contribution in [-0.4, -0.2) is 108 Å². The molecule has 2 unspecified atom stereocenters. The molecule has 1 aromatic heterocycles. The lowest BCUT2D eigenvalue weighted by atomic mass is 9.73. The van der Waals surface area contributed by atoms with Crippen LogP contribution in [-0.2, 0) is 25.7 Å². The van der Waals surface area contributed by atoms with Crippen LogP contribution in [0.15, 0.2) is 16.9 Å². The van der Waals surface area contributed by atoms with Gasteiger partial charge in [0, 0.05) is 47.7 Å². The molecule has 6 heterocycles. The highest BCUT2D eigenvalue weighted by Gasteiger charge is 2.60. The lowest BCUT2D eigenvalue weighted by Gasteiger charge is -2.47. The van der Waals surface area contributed by atoms with Gasteiger partial charge in [0.15, 0.2) is 5.78 Å². The Morgan fingerprint density at radius 2 is 2.08 bits per heavy atom. The fraction of sp³-hybridized carbons (Fsp3) is 0.731. The number of carbonyl (C=O) groups is 4. The van der Waals surface area contributed by atoms with Crippen LogP contribution in [0.5, 0.6) is 0 Å². The van der Waals surface area contributed by atoms with Crippen molar-refractivity contribution in [1.82, 2.24) is 40.6 Å². The zero-order chi connectivity index (χ0) is 28.1. The molecule has 6 rings (SSSR count). The predicted molar refractivity (Wildman–Crippen MR) is 143 cm³/mol. The van der Waals surface area contributed by atoms with E-state index in [0.29, 0.717) is 23.9 Å². The zero-order valence-electron chi connectivity index (χ0n) is 22.7. The van der Waals surface area contributed by atoms with Gasteiger partial charge in [-0.3, -0.25) is 14.4 Å². The highest BCUT2D eigenvalue weighted by atomic mass is 32.2. The molecular weight excluding hydrogens is 536 g/mol. The summed E-state index contributed by atoms with van der Waals surface area (Å²) in [6, 6.07) is 0.0867. The maximum Gasteiger partial charge on any atom is 0.353 e. The van der Waals surface area contributed by atoms with Crippen LogP contribution in [0.3, 0.4) is 0 Å². The summed E-state index contributed by atoms with van der Waals surface area (Å²) in [6.45, 7) is 6.27. The number of likely N-dealkylation sites (tertiary alicyclic amines) is 1. The average Bonchev–Trinajstić information content (AvgIpc) is 3.71. The molecule has 40 heavy (non-hydrogen) atoms. The summed E-state index contributed by atoms with van der Waals surface area (Å²) in [4.78, 5) is 55.7. The lowest BCUT2D eigenvalue weighted by Crippen LogP contribution is -2.62. The van der Waals surface area contributed by atoms with Gasteiger partial charge in [-0.25, -0.2) is 9.48 Å². The number of aliphatic carboxylic acids is 1. The number of tetrazole rings is 1. The quantitative estimate of drug-likeness (QED) is 0.338. The fourth-order valence-corrected chi connectivity index (χ4v) is 8.91. The smallest absolute Gasteiger partial charge is 0.353 e. The van der Waals surface area contributed by atoms with Crippen LogP contribution in [0.25, 0.3) is 0 Å². The molecule has 0 saturated carbocycles. The van der Waals surface area contributed by atoms with Crippen molar-refractivity contribution in [3.63, 3.8) is 0 Å². The van der Waals surface area contributed by atoms with E-state index in [1.54, 1.807) is 0 Å². The molecule has 2 amide bonds. The van der Waals surface area contributed by atoms with Crippen LogP contribution >= 0.6 is 11.8 Å². The van der Waals surface area contributed by atoms with E-state index >= 15 is 0 Å². The number of carboxylic acids is 1. The van der Waals surface area contributed by atoms with Gasteiger partial charge in [0.1, 0.15) is 18.6 Å². The topological polar surface area (TPSA) is 163 Å².